The molecule has 15 heavy (non-hydrogen) atoms. The molecular formula is C9H6F2N2O2. The lowest BCUT2D eigenvalue weighted by Crippen LogP contribution is -2.04. The molecule has 0 amide bonds. The minimum Gasteiger partial charge on any atom is -0.481 e. The highest BCUT2D eigenvalue weighted by Gasteiger charge is 2.13. The second-order valence-electron chi connectivity index (χ2n) is 2.75. The number of nitrogens with zero attached hydrogens (tertiary/aromatic N) is 2. The van der Waals surface area contributed by atoms with Crippen LogP contribution < -0.4 is 0 Å². The second kappa shape index (κ2) is 4.46. The minimum atomic E-state index is -2.77. The van der Waals surface area contributed by atoms with Crippen LogP contribution in [0, 0.1) is 11.3 Å². The van der Waals surface area contributed by atoms with Gasteiger partial charge in [-0.05, 0) is 11.6 Å². The summed E-state index contributed by atoms with van der Waals surface area (Å²) in [6.07, 6.45) is -2.18. The Kier molecular flexibility index (Phi) is 3.29. The number of pyridine rings is 1. The SMILES string of the molecule is N#Cc1cc(C(F)F)ncc1CC(=O)O. The fourth-order valence-corrected chi connectivity index (χ4v) is 1.03. The zero-order chi connectivity index (χ0) is 11.4. The van der Waals surface area contributed by atoms with Crippen molar-refractivity contribution in [1.29, 1.82) is 5.26 Å². The largest absolute Gasteiger partial charge is 0.481 e. The molecule has 0 spiro atoms. The van der Waals surface area contributed by atoms with E-state index in [1.807, 2.05) is 0 Å². The van der Waals surface area contributed by atoms with Gasteiger partial charge in [0.1, 0.15) is 5.69 Å². The van der Waals surface area contributed by atoms with Crippen molar-refractivity contribution in [2.45, 2.75) is 12.8 Å². The van der Waals surface area contributed by atoms with Crippen molar-refractivity contribution in [2.24, 2.45) is 0 Å². The van der Waals surface area contributed by atoms with Crippen LogP contribution in [0.4, 0.5) is 8.78 Å². The molecule has 0 aliphatic rings. The first-order valence-electron chi connectivity index (χ1n) is 3.93. The average Bonchev–Trinajstić information content (AvgIpc) is 2.17. The molecule has 0 saturated carbocycles. The quantitative estimate of drug-likeness (QED) is 0.824. The van der Waals surface area contributed by atoms with E-state index in [0.717, 1.165) is 12.3 Å². The molecule has 0 fully saturated rings. The Morgan fingerprint density at radius 1 is 1.67 bits per heavy atom. The van der Waals surface area contributed by atoms with Crippen molar-refractivity contribution >= 4 is 5.97 Å². The van der Waals surface area contributed by atoms with E-state index in [1.54, 1.807) is 6.07 Å². The Balaban J connectivity index is 3.10. The molecule has 1 N–H and O–H groups in total. The third-order valence-electron chi connectivity index (χ3n) is 1.69. The van der Waals surface area contributed by atoms with Gasteiger partial charge in [0.05, 0.1) is 18.1 Å². The van der Waals surface area contributed by atoms with Crippen LogP contribution in [0.2, 0.25) is 0 Å². The summed E-state index contributed by atoms with van der Waals surface area (Å²) in [5.74, 6) is -1.14. The Hall–Kier alpha value is -2.03. The van der Waals surface area contributed by atoms with Gasteiger partial charge in [-0.25, -0.2) is 8.78 Å². The predicted octanol–water partition coefficient (Wildman–Crippen LogP) is 1.52. The van der Waals surface area contributed by atoms with Crippen molar-refractivity contribution in [3.8, 4) is 6.07 Å². The standard InChI is InChI=1S/C9H6F2N2O2/c10-9(11)7-1-5(3-12)6(4-13-7)2-8(14)15/h1,4,9H,2H2,(H,14,15). The van der Waals surface area contributed by atoms with Crippen LogP contribution in [0.3, 0.4) is 0 Å². The molecule has 0 saturated heterocycles. The van der Waals surface area contributed by atoms with E-state index in [2.05, 4.69) is 4.98 Å². The van der Waals surface area contributed by atoms with Gasteiger partial charge in [-0.3, -0.25) is 9.78 Å². The van der Waals surface area contributed by atoms with Crippen LogP contribution in [0.15, 0.2) is 12.3 Å². The van der Waals surface area contributed by atoms with Gasteiger partial charge < -0.3 is 5.11 Å². The first-order valence-corrected chi connectivity index (χ1v) is 3.93. The maximum atomic E-state index is 12.2. The number of halogens is 2. The first-order chi connectivity index (χ1) is 7.04. The molecule has 1 aromatic rings. The van der Waals surface area contributed by atoms with Crippen molar-refractivity contribution in [3.05, 3.63) is 29.1 Å². The molecule has 0 aromatic carbocycles. The lowest BCUT2D eigenvalue weighted by Gasteiger charge is -2.03. The summed E-state index contributed by atoms with van der Waals surface area (Å²) in [5.41, 5.74) is -0.474. The van der Waals surface area contributed by atoms with Crippen LogP contribution in [0.25, 0.3) is 0 Å². The van der Waals surface area contributed by atoms with Gasteiger partial charge in [-0.1, -0.05) is 0 Å². The van der Waals surface area contributed by atoms with E-state index in [0.29, 0.717) is 0 Å². The number of carboxylic acids is 1. The summed E-state index contributed by atoms with van der Waals surface area (Å²) in [6.45, 7) is 0. The van der Waals surface area contributed by atoms with Crippen LogP contribution in [-0.4, -0.2) is 16.1 Å². The number of hydrogen-bond acceptors (Lipinski definition) is 3. The van der Waals surface area contributed by atoms with Crippen LogP contribution >= 0.6 is 0 Å². The van der Waals surface area contributed by atoms with Gasteiger partial charge in [0.2, 0.25) is 0 Å². The summed E-state index contributed by atoms with van der Waals surface area (Å²) >= 11 is 0. The summed E-state index contributed by atoms with van der Waals surface area (Å²) < 4.78 is 24.4. The number of aromatic nitrogens is 1. The number of carboxylic acid groups (broad SMARTS) is 1. The molecule has 1 heterocycles. The molecule has 4 nitrogen and oxygen atoms in total. The molecule has 0 unspecified atom stereocenters. The Morgan fingerprint density at radius 2 is 2.33 bits per heavy atom. The maximum absolute atomic E-state index is 12.2. The van der Waals surface area contributed by atoms with Crippen molar-refractivity contribution in [2.75, 3.05) is 0 Å². The highest BCUT2D eigenvalue weighted by Crippen LogP contribution is 2.19. The van der Waals surface area contributed by atoms with Gasteiger partial charge in [-0.15, -0.1) is 0 Å². The normalized spacial score (nSPS) is 10.0. The second-order valence-corrected chi connectivity index (χ2v) is 2.75. The van der Waals surface area contributed by atoms with Crippen LogP contribution in [0.5, 0.6) is 0 Å². The summed E-state index contributed by atoms with van der Waals surface area (Å²) in [4.78, 5) is 13.7. The number of rotatable bonds is 3. The number of hydrogen-bond donors (Lipinski definition) is 1. The van der Waals surface area contributed by atoms with E-state index in [-0.39, 0.29) is 11.1 Å². The lowest BCUT2D eigenvalue weighted by molar-refractivity contribution is -0.136. The molecular weight excluding hydrogens is 206 g/mol. The molecule has 0 atom stereocenters. The highest BCUT2D eigenvalue weighted by molar-refractivity contribution is 5.71. The van der Waals surface area contributed by atoms with E-state index < -0.39 is 24.5 Å². The van der Waals surface area contributed by atoms with E-state index in [1.165, 1.54) is 0 Å². The van der Waals surface area contributed by atoms with Crippen molar-refractivity contribution in [3.63, 3.8) is 0 Å². The topological polar surface area (TPSA) is 74.0 Å². The molecule has 1 rings (SSSR count). The summed E-state index contributed by atoms with van der Waals surface area (Å²) in [7, 11) is 0. The number of carbonyl (C=O) groups is 1. The number of aliphatic carboxylic acids is 1. The van der Waals surface area contributed by atoms with Gasteiger partial charge in [-0.2, -0.15) is 5.26 Å². The molecule has 1 aromatic heterocycles. The van der Waals surface area contributed by atoms with E-state index >= 15 is 0 Å². The van der Waals surface area contributed by atoms with Crippen LogP contribution in [0.1, 0.15) is 23.2 Å². The highest BCUT2D eigenvalue weighted by atomic mass is 19.3. The Labute approximate surface area is 83.8 Å². The van der Waals surface area contributed by atoms with Gasteiger partial charge in [0, 0.05) is 6.20 Å². The fraction of sp³-hybridized carbons (Fsp3) is 0.222. The number of nitriles is 1. The third-order valence-corrected chi connectivity index (χ3v) is 1.69. The van der Waals surface area contributed by atoms with Gasteiger partial charge in [0.25, 0.3) is 6.43 Å². The number of alkyl halides is 2. The zero-order valence-electron chi connectivity index (χ0n) is 7.44. The minimum absolute atomic E-state index is 0.0808. The van der Waals surface area contributed by atoms with E-state index in [9.17, 15) is 13.6 Å². The third kappa shape index (κ3) is 2.71. The lowest BCUT2D eigenvalue weighted by atomic mass is 10.1. The van der Waals surface area contributed by atoms with Crippen molar-refractivity contribution < 1.29 is 18.7 Å². The first kappa shape index (κ1) is 11.0. The predicted molar refractivity (Wildman–Crippen MR) is 45.2 cm³/mol. The molecule has 0 bridgehead atoms. The van der Waals surface area contributed by atoms with Gasteiger partial charge in [0.15, 0.2) is 0 Å². The smallest absolute Gasteiger partial charge is 0.307 e. The molecule has 78 valence electrons. The monoisotopic (exact) mass is 212 g/mol. The molecule has 0 aliphatic carbocycles. The maximum Gasteiger partial charge on any atom is 0.307 e. The van der Waals surface area contributed by atoms with Gasteiger partial charge >= 0.3 is 5.97 Å². The summed E-state index contributed by atoms with van der Waals surface area (Å²) in [6, 6.07) is 2.57. The van der Waals surface area contributed by atoms with Crippen molar-refractivity contribution in [1.82, 2.24) is 4.98 Å². The average molecular weight is 212 g/mol. The molecule has 0 aliphatic heterocycles. The summed E-state index contributed by atoms with van der Waals surface area (Å²) in [5, 5.41) is 17.1. The fourth-order valence-electron chi connectivity index (χ4n) is 1.03. The Bertz CT molecular complexity index is 427. The molecule has 6 heteroatoms. The Morgan fingerprint density at radius 3 is 2.80 bits per heavy atom. The van der Waals surface area contributed by atoms with Crippen LogP contribution in [-0.2, 0) is 11.2 Å². The van der Waals surface area contributed by atoms with E-state index in [4.69, 9.17) is 10.4 Å². The molecule has 0 radical (unpaired) electrons. The zero-order valence-corrected chi connectivity index (χ0v) is 7.44.